The number of fused-ring (bicyclic) bond motifs is 1. The summed E-state index contributed by atoms with van der Waals surface area (Å²) in [6.07, 6.45) is 0. The summed E-state index contributed by atoms with van der Waals surface area (Å²) in [5.41, 5.74) is 11.9. The Morgan fingerprint density at radius 2 is 1.92 bits per heavy atom. The van der Waals surface area contributed by atoms with E-state index < -0.39 is 0 Å². The first-order valence-corrected chi connectivity index (χ1v) is 4.45. The van der Waals surface area contributed by atoms with Gasteiger partial charge in [0, 0.05) is 9.86 Å². The minimum atomic E-state index is 0.192. The van der Waals surface area contributed by atoms with E-state index in [4.69, 9.17) is 11.5 Å². The second kappa shape index (κ2) is 2.85. The lowest BCUT2D eigenvalue weighted by Crippen LogP contribution is -2.00. The molecule has 0 spiro atoms. The topological polar surface area (TPSA) is 77.8 Å². The molecule has 2 aromatic rings. The monoisotopic (exact) mass is 238 g/mol. The van der Waals surface area contributed by atoms with Gasteiger partial charge in [0.2, 0.25) is 5.95 Å². The number of nitrogens with two attached hydrogens (primary N) is 2. The number of aromatic nitrogens is 2. The SMILES string of the molecule is Nc1nc(N)c2cccc(Br)c2n1. The van der Waals surface area contributed by atoms with Gasteiger partial charge in [-0.05, 0) is 28.1 Å². The van der Waals surface area contributed by atoms with Crippen molar-refractivity contribution in [3.05, 3.63) is 22.7 Å². The van der Waals surface area contributed by atoms with Crippen molar-refractivity contribution in [3.63, 3.8) is 0 Å². The summed E-state index contributed by atoms with van der Waals surface area (Å²) in [6.45, 7) is 0. The van der Waals surface area contributed by atoms with Crippen LogP contribution in [0.5, 0.6) is 0 Å². The smallest absolute Gasteiger partial charge is 0.222 e. The lowest BCUT2D eigenvalue weighted by molar-refractivity contribution is 1.24. The molecule has 0 fully saturated rings. The van der Waals surface area contributed by atoms with Crippen molar-refractivity contribution >= 4 is 38.6 Å². The molecule has 5 heteroatoms. The van der Waals surface area contributed by atoms with E-state index in [2.05, 4.69) is 25.9 Å². The van der Waals surface area contributed by atoms with Crippen LogP contribution in [0.25, 0.3) is 10.9 Å². The predicted octanol–water partition coefficient (Wildman–Crippen LogP) is 1.56. The summed E-state index contributed by atoms with van der Waals surface area (Å²) in [6, 6.07) is 5.62. The largest absolute Gasteiger partial charge is 0.383 e. The average Bonchev–Trinajstić information content (AvgIpc) is 2.07. The van der Waals surface area contributed by atoms with Crippen LogP contribution in [0.2, 0.25) is 0 Å². The zero-order chi connectivity index (χ0) is 9.42. The highest BCUT2D eigenvalue weighted by molar-refractivity contribution is 9.10. The fraction of sp³-hybridized carbons (Fsp3) is 0. The van der Waals surface area contributed by atoms with Crippen molar-refractivity contribution in [3.8, 4) is 0 Å². The summed E-state index contributed by atoms with van der Waals surface area (Å²) >= 11 is 3.36. The molecule has 0 aliphatic rings. The maximum Gasteiger partial charge on any atom is 0.222 e. The molecular weight excluding hydrogens is 232 g/mol. The van der Waals surface area contributed by atoms with E-state index in [1.54, 1.807) is 0 Å². The van der Waals surface area contributed by atoms with Crippen molar-refractivity contribution in [2.24, 2.45) is 0 Å². The molecule has 0 unspecified atom stereocenters. The van der Waals surface area contributed by atoms with Gasteiger partial charge in [-0.25, -0.2) is 4.98 Å². The van der Waals surface area contributed by atoms with E-state index in [1.807, 2.05) is 18.2 Å². The van der Waals surface area contributed by atoms with Gasteiger partial charge in [-0.15, -0.1) is 0 Å². The van der Waals surface area contributed by atoms with Gasteiger partial charge in [0.1, 0.15) is 5.82 Å². The third-order valence-electron chi connectivity index (χ3n) is 1.72. The van der Waals surface area contributed by atoms with Gasteiger partial charge in [0.15, 0.2) is 0 Å². The van der Waals surface area contributed by atoms with Crippen LogP contribution in [-0.4, -0.2) is 9.97 Å². The van der Waals surface area contributed by atoms with Gasteiger partial charge in [-0.1, -0.05) is 6.07 Å². The first-order chi connectivity index (χ1) is 6.18. The van der Waals surface area contributed by atoms with E-state index >= 15 is 0 Å². The molecule has 0 aliphatic heterocycles. The Morgan fingerprint density at radius 1 is 1.15 bits per heavy atom. The molecule has 0 saturated heterocycles. The van der Waals surface area contributed by atoms with Crippen LogP contribution in [0, 0.1) is 0 Å². The maximum absolute atomic E-state index is 5.67. The molecule has 0 aliphatic carbocycles. The highest BCUT2D eigenvalue weighted by atomic mass is 79.9. The average molecular weight is 239 g/mol. The Morgan fingerprint density at radius 3 is 2.69 bits per heavy atom. The summed E-state index contributed by atoms with van der Waals surface area (Å²) in [7, 11) is 0. The number of rotatable bonds is 0. The summed E-state index contributed by atoms with van der Waals surface area (Å²) in [4.78, 5) is 7.94. The zero-order valence-corrected chi connectivity index (χ0v) is 8.25. The second-order valence-corrected chi connectivity index (χ2v) is 3.46. The molecule has 0 radical (unpaired) electrons. The number of nitrogens with zero attached hydrogens (tertiary/aromatic N) is 2. The lowest BCUT2D eigenvalue weighted by Gasteiger charge is -2.02. The van der Waals surface area contributed by atoms with Gasteiger partial charge < -0.3 is 11.5 Å². The first-order valence-electron chi connectivity index (χ1n) is 3.65. The van der Waals surface area contributed by atoms with Crippen LogP contribution in [0.1, 0.15) is 0 Å². The van der Waals surface area contributed by atoms with Crippen LogP contribution in [-0.2, 0) is 0 Å². The van der Waals surface area contributed by atoms with Crippen molar-refractivity contribution in [1.29, 1.82) is 0 Å². The van der Waals surface area contributed by atoms with Gasteiger partial charge in [-0.3, -0.25) is 0 Å². The van der Waals surface area contributed by atoms with Crippen molar-refractivity contribution in [2.45, 2.75) is 0 Å². The molecule has 1 heterocycles. The Balaban J connectivity index is 2.94. The van der Waals surface area contributed by atoms with E-state index in [1.165, 1.54) is 0 Å². The lowest BCUT2D eigenvalue weighted by atomic mass is 10.2. The summed E-state index contributed by atoms with van der Waals surface area (Å²) < 4.78 is 0.866. The highest BCUT2D eigenvalue weighted by Crippen LogP contribution is 2.25. The van der Waals surface area contributed by atoms with E-state index in [0.717, 1.165) is 15.4 Å². The number of hydrogen-bond acceptors (Lipinski definition) is 4. The Hall–Kier alpha value is -1.36. The number of anilines is 2. The predicted molar refractivity (Wildman–Crippen MR) is 56.1 cm³/mol. The van der Waals surface area contributed by atoms with Crippen molar-refractivity contribution < 1.29 is 0 Å². The number of hydrogen-bond donors (Lipinski definition) is 2. The number of halogens is 1. The molecule has 4 N–H and O–H groups in total. The molecule has 1 aromatic carbocycles. The quantitative estimate of drug-likeness (QED) is 0.731. The van der Waals surface area contributed by atoms with Crippen LogP contribution in [0.15, 0.2) is 22.7 Å². The fourth-order valence-corrected chi connectivity index (χ4v) is 1.61. The summed E-state index contributed by atoms with van der Waals surface area (Å²) in [5, 5.41) is 0.809. The van der Waals surface area contributed by atoms with Crippen LogP contribution in [0.3, 0.4) is 0 Å². The van der Waals surface area contributed by atoms with Crippen molar-refractivity contribution in [1.82, 2.24) is 9.97 Å². The van der Waals surface area contributed by atoms with Crippen LogP contribution in [0.4, 0.5) is 11.8 Å². The normalized spacial score (nSPS) is 10.5. The van der Waals surface area contributed by atoms with Gasteiger partial charge in [-0.2, -0.15) is 4.98 Å². The number of nitrogen functional groups attached to an aromatic ring is 2. The molecule has 1 aromatic heterocycles. The molecular formula is C8H7BrN4. The third-order valence-corrected chi connectivity index (χ3v) is 2.36. The van der Waals surface area contributed by atoms with Gasteiger partial charge in [0.05, 0.1) is 5.52 Å². The zero-order valence-electron chi connectivity index (χ0n) is 6.66. The van der Waals surface area contributed by atoms with E-state index in [9.17, 15) is 0 Å². The Kier molecular flexibility index (Phi) is 1.81. The molecule has 0 amide bonds. The minimum Gasteiger partial charge on any atom is -0.383 e. The number of benzene rings is 1. The molecule has 13 heavy (non-hydrogen) atoms. The second-order valence-electron chi connectivity index (χ2n) is 2.60. The molecule has 0 atom stereocenters. The Labute approximate surface area is 83.1 Å². The maximum atomic E-state index is 5.67. The molecule has 2 rings (SSSR count). The standard InChI is InChI=1S/C8H7BrN4/c9-5-3-1-2-4-6(5)12-8(11)13-7(4)10/h1-3H,(H4,10,11,12,13). The molecule has 0 bridgehead atoms. The first kappa shape index (κ1) is 8.25. The van der Waals surface area contributed by atoms with Crippen LogP contribution < -0.4 is 11.5 Å². The van der Waals surface area contributed by atoms with Crippen LogP contribution >= 0.6 is 15.9 Å². The summed E-state index contributed by atoms with van der Waals surface area (Å²) in [5.74, 6) is 0.598. The van der Waals surface area contributed by atoms with Gasteiger partial charge in [0.25, 0.3) is 0 Å². The number of para-hydroxylation sites is 1. The molecule has 4 nitrogen and oxygen atoms in total. The fourth-order valence-electron chi connectivity index (χ4n) is 1.16. The molecule has 0 saturated carbocycles. The van der Waals surface area contributed by atoms with Gasteiger partial charge >= 0.3 is 0 Å². The van der Waals surface area contributed by atoms with E-state index in [-0.39, 0.29) is 5.95 Å². The third kappa shape index (κ3) is 1.31. The molecule has 66 valence electrons. The highest BCUT2D eigenvalue weighted by Gasteiger charge is 2.04. The van der Waals surface area contributed by atoms with E-state index in [0.29, 0.717) is 5.82 Å². The van der Waals surface area contributed by atoms with Crippen molar-refractivity contribution in [2.75, 3.05) is 11.5 Å². The Bertz CT molecular complexity index is 469. The minimum absolute atomic E-state index is 0.192.